The highest BCUT2D eigenvalue weighted by molar-refractivity contribution is 5.27. The number of benzene rings is 2. The molecule has 2 nitrogen and oxygen atoms in total. The highest BCUT2D eigenvalue weighted by atomic mass is 16.5. The van der Waals surface area contributed by atoms with Crippen LogP contribution in [-0.2, 0) is 6.42 Å². The van der Waals surface area contributed by atoms with Gasteiger partial charge >= 0.3 is 0 Å². The first-order chi connectivity index (χ1) is 11.3. The second-order valence-electron chi connectivity index (χ2n) is 6.02. The zero-order valence-corrected chi connectivity index (χ0v) is 14.1. The Labute approximate surface area is 140 Å². The average molecular weight is 312 g/mol. The van der Waals surface area contributed by atoms with Gasteiger partial charge in [-0.05, 0) is 42.5 Å². The maximum atomic E-state index is 10.2. The number of aliphatic hydroxyl groups excluding tert-OH is 1. The summed E-state index contributed by atoms with van der Waals surface area (Å²) in [5, 5.41) is 10.2. The van der Waals surface area contributed by atoms with Gasteiger partial charge in [-0.2, -0.15) is 0 Å². The van der Waals surface area contributed by atoms with E-state index in [1.807, 2.05) is 42.5 Å². The molecule has 0 aliphatic heterocycles. The number of hydrogen-bond acceptors (Lipinski definition) is 2. The Morgan fingerprint density at radius 2 is 1.65 bits per heavy atom. The normalized spacial score (nSPS) is 12.1. The molecule has 2 aromatic rings. The standard InChI is InChI=1S/C21H28O2/c1-2-3-4-8-17-23-20-14-11-18(12-15-20)13-16-21(22)19-9-6-5-7-10-19/h5-7,9-12,14-15,21-22H,2-4,8,13,16-17H2,1H3. The summed E-state index contributed by atoms with van der Waals surface area (Å²) >= 11 is 0. The van der Waals surface area contributed by atoms with Gasteiger partial charge in [0.1, 0.15) is 5.75 Å². The van der Waals surface area contributed by atoms with Gasteiger partial charge in [0.2, 0.25) is 0 Å². The molecule has 1 atom stereocenters. The monoisotopic (exact) mass is 312 g/mol. The van der Waals surface area contributed by atoms with E-state index < -0.39 is 6.10 Å². The van der Waals surface area contributed by atoms with Crippen LogP contribution in [0.2, 0.25) is 0 Å². The largest absolute Gasteiger partial charge is 0.494 e. The van der Waals surface area contributed by atoms with Crippen LogP contribution in [0.25, 0.3) is 0 Å². The van der Waals surface area contributed by atoms with Crippen LogP contribution < -0.4 is 4.74 Å². The third-order valence-corrected chi connectivity index (χ3v) is 4.08. The number of ether oxygens (including phenoxy) is 1. The molecule has 1 unspecified atom stereocenters. The number of aliphatic hydroxyl groups is 1. The molecule has 23 heavy (non-hydrogen) atoms. The van der Waals surface area contributed by atoms with Crippen molar-refractivity contribution in [2.24, 2.45) is 0 Å². The molecule has 0 aliphatic carbocycles. The van der Waals surface area contributed by atoms with Gasteiger partial charge in [0.25, 0.3) is 0 Å². The molecular formula is C21H28O2. The Kier molecular flexibility index (Phi) is 7.68. The number of unbranched alkanes of at least 4 members (excludes halogenated alkanes) is 3. The predicted octanol–water partition coefficient (Wildman–Crippen LogP) is 5.31. The van der Waals surface area contributed by atoms with Crippen molar-refractivity contribution < 1.29 is 9.84 Å². The van der Waals surface area contributed by atoms with Crippen molar-refractivity contribution in [2.45, 2.75) is 51.6 Å². The summed E-state index contributed by atoms with van der Waals surface area (Å²) in [4.78, 5) is 0. The predicted molar refractivity (Wildman–Crippen MR) is 95.8 cm³/mol. The van der Waals surface area contributed by atoms with Crippen LogP contribution in [0.4, 0.5) is 0 Å². The SMILES string of the molecule is CCCCCCOc1ccc(CCC(O)c2ccccc2)cc1. The second-order valence-corrected chi connectivity index (χ2v) is 6.02. The molecule has 0 aromatic heterocycles. The molecule has 0 radical (unpaired) electrons. The summed E-state index contributed by atoms with van der Waals surface area (Å²) in [6, 6.07) is 18.1. The number of rotatable bonds is 10. The Bertz CT molecular complexity index is 534. The van der Waals surface area contributed by atoms with Crippen molar-refractivity contribution in [2.75, 3.05) is 6.61 Å². The van der Waals surface area contributed by atoms with Gasteiger partial charge in [0.05, 0.1) is 12.7 Å². The summed E-state index contributed by atoms with van der Waals surface area (Å²) in [5.41, 5.74) is 2.22. The van der Waals surface area contributed by atoms with Crippen LogP contribution in [-0.4, -0.2) is 11.7 Å². The molecule has 124 valence electrons. The lowest BCUT2D eigenvalue weighted by Gasteiger charge is -2.11. The Hall–Kier alpha value is -1.80. The topological polar surface area (TPSA) is 29.5 Å². The van der Waals surface area contributed by atoms with Gasteiger partial charge in [-0.1, -0.05) is 68.7 Å². The van der Waals surface area contributed by atoms with Gasteiger partial charge in [-0.25, -0.2) is 0 Å². The van der Waals surface area contributed by atoms with Crippen molar-refractivity contribution in [1.82, 2.24) is 0 Å². The number of aryl methyl sites for hydroxylation is 1. The van der Waals surface area contributed by atoms with Gasteiger partial charge in [-0.15, -0.1) is 0 Å². The lowest BCUT2D eigenvalue weighted by molar-refractivity contribution is 0.168. The Balaban J connectivity index is 1.72. The van der Waals surface area contributed by atoms with Gasteiger partial charge < -0.3 is 9.84 Å². The minimum Gasteiger partial charge on any atom is -0.494 e. The molecule has 0 saturated carbocycles. The van der Waals surface area contributed by atoms with E-state index in [-0.39, 0.29) is 0 Å². The van der Waals surface area contributed by atoms with Crippen LogP contribution in [0.5, 0.6) is 5.75 Å². The van der Waals surface area contributed by atoms with E-state index >= 15 is 0 Å². The average Bonchev–Trinajstić information content (AvgIpc) is 2.61. The zero-order valence-electron chi connectivity index (χ0n) is 14.1. The maximum absolute atomic E-state index is 10.2. The summed E-state index contributed by atoms with van der Waals surface area (Å²) in [5.74, 6) is 0.939. The van der Waals surface area contributed by atoms with E-state index in [4.69, 9.17) is 4.74 Å². The summed E-state index contributed by atoms with van der Waals surface area (Å²) in [6.45, 7) is 3.01. The Morgan fingerprint density at radius 3 is 2.35 bits per heavy atom. The molecule has 0 bridgehead atoms. The Morgan fingerprint density at radius 1 is 0.913 bits per heavy atom. The van der Waals surface area contributed by atoms with E-state index in [0.717, 1.165) is 37.2 Å². The van der Waals surface area contributed by atoms with Crippen LogP contribution in [0.15, 0.2) is 54.6 Å². The van der Waals surface area contributed by atoms with E-state index in [0.29, 0.717) is 0 Å². The molecule has 1 N–H and O–H groups in total. The van der Waals surface area contributed by atoms with E-state index in [1.165, 1.54) is 24.8 Å². The van der Waals surface area contributed by atoms with Crippen molar-refractivity contribution in [3.05, 3.63) is 65.7 Å². The molecule has 2 heteroatoms. The third kappa shape index (κ3) is 6.45. The summed E-state index contributed by atoms with van der Waals surface area (Å²) in [7, 11) is 0. The minimum absolute atomic E-state index is 0.398. The smallest absolute Gasteiger partial charge is 0.119 e. The fourth-order valence-electron chi connectivity index (χ4n) is 2.62. The molecule has 0 fully saturated rings. The first-order valence-corrected chi connectivity index (χ1v) is 8.74. The molecule has 0 spiro atoms. The van der Waals surface area contributed by atoms with Crippen molar-refractivity contribution in [3.8, 4) is 5.75 Å². The molecule has 2 aromatic carbocycles. The first kappa shape index (κ1) is 17.6. The molecule has 0 amide bonds. The van der Waals surface area contributed by atoms with Gasteiger partial charge in [0.15, 0.2) is 0 Å². The van der Waals surface area contributed by atoms with Gasteiger partial charge in [-0.3, -0.25) is 0 Å². The lowest BCUT2D eigenvalue weighted by Crippen LogP contribution is -2.00. The fraction of sp³-hybridized carbons (Fsp3) is 0.429. The summed E-state index contributed by atoms with van der Waals surface area (Å²) < 4.78 is 5.75. The molecule has 0 aliphatic rings. The molecular weight excluding hydrogens is 284 g/mol. The van der Waals surface area contributed by atoms with E-state index in [2.05, 4.69) is 19.1 Å². The summed E-state index contributed by atoms with van der Waals surface area (Å²) in [6.07, 6.45) is 6.11. The van der Waals surface area contributed by atoms with Crippen LogP contribution in [0.1, 0.15) is 56.3 Å². The second kappa shape index (κ2) is 10.1. The maximum Gasteiger partial charge on any atom is 0.119 e. The van der Waals surface area contributed by atoms with Crippen LogP contribution in [0.3, 0.4) is 0 Å². The van der Waals surface area contributed by atoms with Crippen LogP contribution in [0, 0.1) is 0 Å². The van der Waals surface area contributed by atoms with Crippen molar-refractivity contribution in [3.63, 3.8) is 0 Å². The lowest BCUT2D eigenvalue weighted by atomic mass is 10.0. The van der Waals surface area contributed by atoms with E-state index in [9.17, 15) is 5.11 Å². The highest BCUT2D eigenvalue weighted by Gasteiger charge is 2.07. The highest BCUT2D eigenvalue weighted by Crippen LogP contribution is 2.20. The molecule has 2 rings (SSSR count). The van der Waals surface area contributed by atoms with Crippen molar-refractivity contribution >= 4 is 0 Å². The quantitative estimate of drug-likeness (QED) is 0.602. The van der Waals surface area contributed by atoms with Gasteiger partial charge in [0, 0.05) is 0 Å². The van der Waals surface area contributed by atoms with Crippen LogP contribution >= 0.6 is 0 Å². The minimum atomic E-state index is -0.398. The van der Waals surface area contributed by atoms with Crippen molar-refractivity contribution in [1.29, 1.82) is 0 Å². The van der Waals surface area contributed by atoms with E-state index in [1.54, 1.807) is 0 Å². The number of hydrogen-bond donors (Lipinski definition) is 1. The first-order valence-electron chi connectivity index (χ1n) is 8.74. The fourth-order valence-corrected chi connectivity index (χ4v) is 2.62. The third-order valence-electron chi connectivity index (χ3n) is 4.08. The zero-order chi connectivity index (χ0) is 16.3. The molecule has 0 saturated heterocycles. The molecule has 0 heterocycles.